The molecule has 20 nitrogen and oxygen atoms in total. The van der Waals surface area contributed by atoms with Gasteiger partial charge in [0.05, 0.1) is 12.7 Å². The van der Waals surface area contributed by atoms with Crippen molar-refractivity contribution in [1.82, 2.24) is 36.9 Å². The van der Waals surface area contributed by atoms with Gasteiger partial charge in [0.2, 0.25) is 41.4 Å². The van der Waals surface area contributed by atoms with Gasteiger partial charge in [-0.15, -0.1) is 0 Å². The number of fused-ring (bicyclic) bond motifs is 1. The van der Waals surface area contributed by atoms with Crippen LogP contribution in [0.4, 0.5) is 0 Å². The van der Waals surface area contributed by atoms with Crippen LogP contribution in [0, 0.1) is 11.8 Å². The molecule has 316 valence electrons. The van der Waals surface area contributed by atoms with Gasteiger partial charge < -0.3 is 63.0 Å². The number of benzene rings is 1. The van der Waals surface area contributed by atoms with Crippen LogP contribution in [0.2, 0.25) is 0 Å². The topological polar surface area (TPSA) is 331 Å². The molecule has 2 rings (SSSR count). The second-order valence-electron chi connectivity index (χ2n) is 14.3. The highest BCUT2D eigenvalue weighted by Crippen LogP contribution is 2.20. The Labute approximate surface area is 329 Å². The molecule has 13 N–H and O–H groups in total. The number of hydrogen-bond acceptors (Lipinski definition) is 11. The van der Waals surface area contributed by atoms with Crippen LogP contribution in [0.3, 0.4) is 0 Å². The van der Waals surface area contributed by atoms with E-state index in [1.54, 1.807) is 58.2 Å². The molecule has 0 aliphatic heterocycles. The van der Waals surface area contributed by atoms with Crippen LogP contribution >= 0.6 is 0 Å². The molecular formula is C37H56N8O12. The molecule has 7 amide bonds. The Morgan fingerprint density at radius 2 is 1.28 bits per heavy atom. The Morgan fingerprint density at radius 3 is 1.82 bits per heavy atom. The number of nitrogens with two attached hydrogens (primary N) is 1. The number of aromatic nitrogens is 1. The summed E-state index contributed by atoms with van der Waals surface area (Å²) in [6.07, 6.45) is -2.34. The first kappa shape index (κ1) is 47.6. The number of amides is 7. The van der Waals surface area contributed by atoms with Crippen molar-refractivity contribution < 1.29 is 58.8 Å². The lowest BCUT2D eigenvalue weighted by molar-refractivity contribution is -0.143. The maximum Gasteiger partial charge on any atom is 0.326 e. The minimum Gasteiger partial charge on any atom is -0.480 e. The first-order valence-corrected chi connectivity index (χ1v) is 18.5. The van der Waals surface area contributed by atoms with Crippen LogP contribution in [0.25, 0.3) is 10.9 Å². The van der Waals surface area contributed by atoms with E-state index in [0.29, 0.717) is 10.9 Å². The van der Waals surface area contributed by atoms with E-state index < -0.39 is 114 Å². The Morgan fingerprint density at radius 1 is 0.737 bits per heavy atom. The van der Waals surface area contributed by atoms with Gasteiger partial charge in [-0.25, -0.2) is 4.79 Å². The number of aromatic amines is 1. The van der Waals surface area contributed by atoms with Crippen molar-refractivity contribution in [2.45, 2.75) is 116 Å². The molecular weight excluding hydrogens is 748 g/mol. The van der Waals surface area contributed by atoms with Gasteiger partial charge in [-0.05, 0) is 36.8 Å². The minimum atomic E-state index is -1.93. The molecule has 0 bridgehead atoms. The summed E-state index contributed by atoms with van der Waals surface area (Å²) in [6.45, 7) is 7.72. The average molecular weight is 805 g/mol. The Kier molecular flexibility index (Phi) is 18.5. The summed E-state index contributed by atoms with van der Waals surface area (Å²) in [4.78, 5) is 106. The normalized spacial score (nSPS) is 16.0. The lowest BCUT2D eigenvalue weighted by Gasteiger charge is -2.30. The van der Waals surface area contributed by atoms with E-state index >= 15 is 0 Å². The molecule has 2 aromatic rings. The standard InChI is InChI=1S/C37H56N8O12/c1-7-18(4)29(44-32(51)24(12-13-27(38)50)41-35(54)30(19(5)47)40-20(6)48)34(53)45-31(26(49)16-46)36(55)42-25(33(52)43-28(17(2)3)37(56)57)14-21-15-39-23-11-9-8-10-22(21)23/h8-11,15,17-19,24-26,28-31,39,46-47,49H,7,12-14,16H2,1-6H3,(H2,38,50)(H,40,48)(H,41,54)(H,42,55)(H,43,52)(H,44,51)(H,45,53)(H,56,57)/t18-,19+,24-,25-,26-,28-,29-,30-,31-/m0/s1. The molecule has 0 unspecified atom stereocenters. The summed E-state index contributed by atoms with van der Waals surface area (Å²) in [5.41, 5.74) is 6.56. The van der Waals surface area contributed by atoms with E-state index in [2.05, 4.69) is 36.9 Å². The zero-order valence-corrected chi connectivity index (χ0v) is 32.8. The Balaban J connectivity index is 2.43. The third-order valence-corrected chi connectivity index (χ3v) is 9.34. The maximum atomic E-state index is 13.9. The monoisotopic (exact) mass is 804 g/mol. The summed E-state index contributed by atoms with van der Waals surface area (Å²) in [6, 6.07) is -2.05. The summed E-state index contributed by atoms with van der Waals surface area (Å²) in [7, 11) is 0. The third-order valence-electron chi connectivity index (χ3n) is 9.34. The highest BCUT2D eigenvalue weighted by atomic mass is 16.4. The number of hydrogen-bond donors (Lipinski definition) is 12. The van der Waals surface area contributed by atoms with Gasteiger partial charge in [0.25, 0.3) is 0 Å². The largest absolute Gasteiger partial charge is 0.480 e. The van der Waals surface area contributed by atoms with E-state index in [1.165, 1.54) is 6.92 Å². The summed E-state index contributed by atoms with van der Waals surface area (Å²) < 4.78 is 0. The van der Waals surface area contributed by atoms with Crippen molar-refractivity contribution in [1.29, 1.82) is 0 Å². The fourth-order valence-corrected chi connectivity index (χ4v) is 5.84. The number of carbonyl (C=O) groups excluding carboxylic acids is 7. The number of carboxylic acid groups (broad SMARTS) is 1. The number of aliphatic hydroxyl groups is 3. The second kappa shape index (κ2) is 22.2. The van der Waals surface area contributed by atoms with Crippen LogP contribution in [0.15, 0.2) is 30.5 Å². The van der Waals surface area contributed by atoms with Gasteiger partial charge in [0, 0.05) is 36.9 Å². The molecule has 0 aliphatic carbocycles. The van der Waals surface area contributed by atoms with Gasteiger partial charge in [-0.1, -0.05) is 52.3 Å². The van der Waals surface area contributed by atoms with E-state index in [0.717, 1.165) is 12.4 Å². The van der Waals surface area contributed by atoms with Gasteiger partial charge in [0.15, 0.2) is 0 Å². The van der Waals surface area contributed by atoms with Crippen LogP contribution < -0.4 is 37.6 Å². The zero-order chi connectivity index (χ0) is 43.1. The van der Waals surface area contributed by atoms with Gasteiger partial charge in [-0.2, -0.15) is 0 Å². The maximum absolute atomic E-state index is 13.9. The Hall–Kier alpha value is -5.60. The number of H-pyrrole nitrogens is 1. The van der Waals surface area contributed by atoms with Crippen molar-refractivity contribution in [3.63, 3.8) is 0 Å². The van der Waals surface area contributed by atoms with Crippen molar-refractivity contribution >= 4 is 58.2 Å². The molecule has 0 radical (unpaired) electrons. The van der Waals surface area contributed by atoms with Crippen molar-refractivity contribution in [2.24, 2.45) is 17.6 Å². The number of para-hydroxylation sites is 1. The van der Waals surface area contributed by atoms with Crippen molar-refractivity contribution in [2.75, 3.05) is 6.61 Å². The van der Waals surface area contributed by atoms with Gasteiger partial charge in [0.1, 0.15) is 42.4 Å². The van der Waals surface area contributed by atoms with Crippen LogP contribution in [0.5, 0.6) is 0 Å². The molecule has 57 heavy (non-hydrogen) atoms. The van der Waals surface area contributed by atoms with Gasteiger partial charge in [-0.3, -0.25) is 33.6 Å². The molecule has 1 heterocycles. The number of rotatable bonds is 23. The number of carbonyl (C=O) groups is 8. The summed E-state index contributed by atoms with van der Waals surface area (Å²) in [5.74, 6) is -9.00. The molecule has 9 atom stereocenters. The highest BCUT2D eigenvalue weighted by Gasteiger charge is 2.38. The van der Waals surface area contributed by atoms with Crippen LogP contribution in [-0.2, 0) is 44.8 Å². The van der Waals surface area contributed by atoms with E-state index in [-0.39, 0.29) is 25.7 Å². The fourth-order valence-electron chi connectivity index (χ4n) is 5.84. The fraction of sp³-hybridized carbons (Fsp3) is 0.568. The predicted octanol–water partition coefficient (Wildman–Crippen LogP) is -2.57. The number of aliphatic hydroxyl groups excluding tert-OH is 3. The highest BCUT2D eigenvalue weighted by molar-refractivity contribution is 5.97. The average Bonchev–Trinajstić information content (AvgIpc) is 3.56. The number of nitrogens with one attached hydrogen (secondary N) is 7. The number of primary amides is 1. The summed E-state index contributed by atoms with van der Waals surface area (Å²) >= 11 is 0. The molecule has 0 saturated carbocycles. The van der Waals surface area contributed by atoms with E-state index in [9.17, 15) is 58.8 Å². The van der Waals surface area contributed by atoms with Gasteiger partial charge >= 0.3 is 5.97 Å². The van der Waals surface area contributed by atoms with Crippen LogP contribution in [-0.4, -0.2) is 128 Å². The first-order valence-electron chi connectivity index (χ1n) is 18.5. The SMILES string of the molecule is CC[C@H](C)[C@H](NC(=O)[C@H](CCC(N)=O)NC(=O)[C@@H](NC(C)=O)[C@@H](C)O)C(=O)N[C@H](C(=O)N[C@@H](Cc1c[nH]c2ccccc12)C(=O)N[C@H](C(=O)O)C(C)C)[C@@H](O)CO. The molecule has 0 saturated heterocycles. The quantitative estimate of drug-likeness (QED) is 0.0552. The first-order chi connectivity index (χ1) is 26.7. The van der Waals surface area contributed by atoms with Crippen molar-refractivity contribution in [3.05, 3.63) is 36.0 Å². The zero-order valence-electron chi connectivity index (χ0n) is 32.8. The molecule has 0 spiro atoms. The molecule has 1 aromatic carbocycles. The number of aliphatic carboxylic acids is 1. The molecule has 0 aliphatic rings. The van der Waals surface area contributed by atoms with Crippen LogP contribution in [0.1, 0.15) is 66.4 Å². The predicted molar refractivity (Wildman–Crippen MR) is 204 cm³/mol. The lowest BCUT2D eigenvalue weighted by atomic mass is 9.96. The second-order valence-corrected chi connectivity index (χ2v) is 14.3. The molecule has 20 heteroatoms. The Bertz CT molecular complexity index is 1750. The van der Waals surface area contributed by atoms with E-state index in [4.69, 9.17) is 5.73 Å². The lowest BCUT2D eigenvalue weighted by Crippen LogP contribution is -2.63. The smallest absolute Gasteiger partial charge is 0.326 e. The summed E-state index contributed by atoms with van der Waals surface area (Å²) in [5, 5.41) is 55.5. The molecule has 0 fully saturated rings. The van der Waals surface area contributed by atoms with Crippen molar-refractivity contribution in [3.8, 4) is 0 Å². The molecule has 1 aromatic heterocycles. The van der Waals surface area contributed by atoms with E-state index in [1.807, 2.05) is 0 Å². The third kappa shape index (κ3) is 14.1. The minimum absolute atomic E-state index is 0.163. The number of carboxylic acids is 1.